The molecule has 32 heavy (non-hydrogen) atoms. The van der Waals surface area contributed by atoms with E-state index in [0.29, 0.717) is 29.7 Å². The summed E-state index contributed by atoms with van der Waals surface area (Å²) in [7, 11) is 1.34. The average Bonchev–Trinajstić information content (AvgIpc) is 3.49. The van der Waals surface area contributed by atoms with Crippen LogP contribution in [0.1, 0.15) is 66.8 Å². The number of hydrogen-bond acceptors (Lipinski definition) is 5. The van der Waals surface area contributed by atoms with Gasteiger partial charge >= 0.3 is 5.69 Å². The van der Waals surface area contributed by atoms with E-state index in [2.05, 4.69) is 4.98 Å². The summed E-state index contributed by atoms with van der Waals surface area (Å²) < 4.78 is 2.69. The van der Waals surface area contributed by atoms with Gasteiger partial charge < -0.3 is 9.88 Å². The molecule has 3 heterocycles. The lowest BCUT2D eigenvalue weighted by Crippen LogP contribution is -2.42. The largest absolute Gasteiger partial charge is 0.328 e. The Kier molecular flexibility index (Phi) is 5.03. The third kappa shape index (κ3) is 3.19. The number of rotatable bonds is 3. The van der Waals surface area contributed by atoms with Gasteiger partial charge in [-0.2, -0.15) is 0 Å². The van der Waals surface area contributed by atoms with Crippen molar-refractivity contribution in [2.45, 2.75) is 50.6 Å². The van der Waals surface area contributed by atoms with Gasteiger partial charge in [0.1, 0.15) is 11.4 Å². The number of nitrogens with one attached hydrogen (secondary N) is 1. The monoisotopic (exact) mass is 435 g/mol. The number of aromatic amines is 1. The fourth-order valence-electron chi connectivity index (χ4n) is 5.06. The van der Waals surface area contributed by atoms with Gasteiger partial charge in [-0.15, -0.1) is 0 Å². The fourth-order valence-corrected chi connectivity index (χ4v) is 5.06. The topological polar surface area (TPSA) is 110 Å². The lowest BCUT2D eigenvalue weighted by molar-refractivity contribution is 0.0722. The summed E-state index contributed by atoms with van der Waals surface area (Å²) in [6.07, 6.45) is 6.52. The molecular formula is C23H25N5O4. The van der Waals surface area contributed by atoms with Crippen molar-refractivity contribution in [3.63, 3.8) is 0 Å². The van der Waals surface area contributed by atoms with Gasteiger partial charge in [-0.3, -0.25) is 23.5 Å². The standard InChI is InChI=1S/C23H25N5O4/c1-26-20(29)16(13-24-23(26)32)21(30)27-12-6-11-18(27)19-25-17-10-5-4-9-15(17)22(31)28(19)14-7-2-3-8-14/h4-5,9-10,13-14,18H,2-3,6-8,11-12H2,1H3,(H,24,32). The lowest BCUT2D eigenvalue weighted by atomic mass is 10.1. The highest BCUT2D eigenvalue weighted by Crippen LogP contribution is 2.36. The maximum absolute atomic E-state index is 13.5. The van der Waals surface area contributed by atoms with Crippen molar-refractivity contribution in [2.24, 2.45) is 7.05 Å². The highest BCUT2D eigenvalue weighted by Gasteiger charge is 2.36. The Morgan fingerprint density at radius 2 is 1.78 bits per heavy atom. The molecule has 0 spiro atoms. The predicted molar refractivity (Wildman–Crippen MR) is 119 cm³/mol. The molecule has 9 heteroatoms. The van der Waals surface area contributed by atoms with Crippen molar-refractivity contribution in [2.75, 3.05) is 6.54 Å². The number of carbonyl (C=O) groups excluding carboxylic acids is 1. The number of carbonyl (C=O) groups is 1. The van der Waals surface area contributed by atoms with E-state index in [0.717, 1.165) is 36.7 Å². The van der Waals surface area contributed by atoms with E-state index in [1.54, 1.807) is 15.5 Å². The lowest BCUT2D eigenvalue weighted by Gasteiger charge is -2.28. The summed E-state index contributed by atoms with van der Waals surface area (Å²) in [5.41, 5.74) is -0.757. The van der Waals surface area contributed by atoms with Crippen molar-refractivity contribution in [1.82, 2.24) is 24.0 Å². The summed E-state index contributed by atoms with van der Waals surface area (Å²) in [4.78, 5) is 60.1. The van der Waals surface area contributed by atoms with Crippen molar-refractivity contribution in [3.05, 3.63) is 73.0 Å². The maximum Gasteiger partial charge on any atom is 0.328 e. The number of H-pyrrole nitrogens is 1. The zero-order valence-corrected chi connectivity index (χ0v) is 17.9. The summed E-state index contributed by atoms with van der Waals surface area (Å²) in [6, 6.07) is 6.95. The predicted octanol–water partition coefficient (Wildman–Crippen LogP) is 1.88. The average molecular weight is 435 g/mol. The van der Waals surface area contributed by atoms with Crippen molar-refractivity contribution < 1.29 is 4.79 Å². The van der Waals surface area contributed by atoms with Crippen LogP contribution in [0, 0.1) is 0 Å². The number of fused-ring (bicyclic) bond motifs is 1. The van der Waals surface area contributed by atoms with E-state index in [1.165, 1.54) is 13.2 Å². The van der Waals surface area contributed by atoms with E-state index in [9.17, 15) is 19.2 Å². The van der Waals surface area contributed by atoms with Crippen LogP contribution in [-0.2, 0) is 7.05 Å². The Bertz CT molecular complexity index is 1380. The van der Waals surface area contributed by atoms with Crippen molar-refractivity contribution >= 4 is 16.8 Å². The number of likely N-dealkylation sites (tertiary alicyclic amines) is 1. The van der Waals surface area contributed by atoms with E-state index in [4.69, 9.17) is 4.98 Å². The summed E-state index contributed by atoms with van der Waals surface area (Å²) in [5.74, 6) is 0.137. The molecule has 1 amide bonds. The van der Waals surface area contributed by atoms with E-state index in [-0.39, 0.29) is 17.2 Å². The van der Waals surface area contributed by atoms with Crippen LogP contribution in [0.3, 0.4) is 0 Å². The van der Waals surface area contributed by atoms with E-state index in [1.807, 2.05) is 18.2 Å². The molecule has 0 bridgehead atoms. The first kappa shape index (κ1) is 20.4. The molecule has 1 aliphatic heterocycles. The normalized spacial score (nSPS) is 19.2. The van der Waals surface area contributed by atoms with Crippen LogP contribution in [0.4, 0.5) is 0 Å². The van der Waals surface area contributed by atoms with Crippen LogP contribution >= 0.6 is 0 Å². The third-order valence-electron chi connectivity index (χ3n) is 6.75. The molecule has 166 valence electrons. The first-order valence-electron chi connectivity index (χ1n) is 11.1. The van der Waals surface area contributed by atoms with Crippen molar-refractivity contribution in [3.8, 4) is 0 Å². The van der Waals surface area contributed by atoms with Crippen molar-refractivity contribution in [1.29, 1.82) is 0 Å². The molecule has 2 aliphatic rings. The SMILES string of the molecule is Cn1c(=O)[nH]cc(C(=O)N2CCCC2c2nc3ccccc3c(=O)n2C2CCCC2)c1=O. The molecule has 1 saturated heterocycles. The Balaban J connectivity index is 1.64. The molecule has 1 atom stereocenters. The van der Waals surface area contributed by atoms with Gasteiger partial charge in [-0.1, -0.05) is 25.0 Å². The first-order valence-corrected chi connectivity index (χ1v) is 11.1. The van der Waals surface area contributed by atoms with Gasteiger partial charge in [0.2, 0.25) is 0 Å². The Morgan fingerprint density at radius 3 is 2.56 bits per heavy atom. The number of amides is 1. The minimum absolute atomic E-state index is 0.0631. The molecule has 0 radical (unpaired) electrons. The molecule has 1 saturated carbocycles. The van der Waals surface area contributed by atoms with Gasteiger partial charge in [0.15, 0.2) is 0 Å². The molecule has 2 fully saturated rings. The summed E-state index contributed by atoms with van der Waals surface area (Å²) >= 11 is 0. The number of para-hydroxylation sites is 1. The number of nitrogens with zero attached hydrogens (tertiary/aromatic N) is 4. The van der Waals surface area contributed by atoms with Crippen LogP contribution in [0.2, 0.25) is 0 Å². The quantitative estimate of drug-likeness (QED) is 0.675. The smallest absolute Gasteiger partial charge is 0.328 e. The second-order valence-corrected chi connectivity index (χ2v) is 8.63. The Labute approximate surface area is 183 Å². The number of aromatic nitrogens is 4. The highest BCUT2D eigenvalue weighted by molar-refractivity contribution is 5.94. The second kappa shape index (κ2) is 7.89. The fraction of sp³-hybridized carbons (Fsp3) is 0.435. The van der Waals surface area contributed by atoms with Gasteiger partial charge in [-0.25, -0.2) is 9.78 Å². The molecule has 1 N–H and O–H groups in total. The van der Waals surface area contributed by atoms with Crippen LogP contribution in [0.15, 0.2) is 44.8 Å². The maximum atomic E-state index is 13.5. The van der Waals surface area contributed by atoms with Crippen LogP contribution < -0.4 is 16.8 Å². The number of benzene rings is 1. The minimum Gasteiger partial charge on any atom is -0.328 e. The molecule has 1 unspecified atom stereocenters. The zero-order valence-electron chi connectivity index (χ0n) is 17.9. The molecule has 3 aromatic rings. The highest BCUT2D eigenvalue weighted by atomic mass is 16.2. The molecule has 1 aromatic carbocycles. The summed E-state index contributed by atoms with van der Waals surface area (Å²) in [6.45, 7) is 0.457. The second-order valence-electron chi connectivity index (χ2n) is 8.63. The third-order valence-corrected chi connectivity index (χ3v) is 6.75. The van der Waals surface area contributed by atoms with Gasteiger partial charge in [-0.05, 0) is 37.8 Å². The summed E-state index contributed by atoms with van der Waals surface area (Å²) in [5, 5.41) is 0.577. The van der Waals surface area contributed by atoms with Gasteiger partial charge in [0, 0.05) is 25.8 Å². The molecule has 1 aliphatic carbocycles. The zero-order chi connectivity index (χ0) is 22.4. The molecule has 2 aromatic heterocycles. The van der Waals surface area contributed by atoms with Crippen LogP contribution in [0.5, 0.6) is 0 Å². The van der Waals surface area contributed by atoms with Gasteiger partial charge in [0.25, 0.3) is 17.0 Å². The Morgan fingerprint density at radius 1 is 1.03 bits per heavy atom. The number of hydrogen-bond donors (Lipinski definition) is 1. The van der Waals surface area contributed by atoms with Gasteiger partial charge in [0.05, 0.1) is 16.9 Å². The molecule has 5 rings (SSSR count). The minimum atomic E-state index is -0.635. The van der Waals surface area contributed by atoms with E-state index >= 15 is 0 Å². The Hall–Kier alpha value is -3.49. The van der Waals surface area contributed by atoms with E-state index < -0.39 is 23.2 Å². The molecular weight excluding hydrogens is 410 g/mol. The van der Waals surface area contributed by atoms with Crippen LogP contribution in [-0.4, -0.2) is 36.5 Å². The van der Waals surface area contributed by atoms with Crippen LogP contribution in [0.25, 0.3) is 10.9 Å². The first-order chi connectivity index (χ1) is 15.5. The molecule has 9 nitrogen and oxygen atoms in total.